The van der Waals surface area contributed by atoms with Crippen molar-refractivity contribution in [1.29, 1.82) is 0 Å². The fourth-order valence-electron chi connectivity index (χ4n) is 3.99. The summed E-state index contributed by atoms with van der Waals surface area (Å²) in [6.45, 7) is 3.30. The van der Waals surface area contributed by atoms with E-state index in [1.54, 1.807) is 29.7 Å². The Bertz CT molecular complexity index is 1240. The van der Waals surface area contributed by atoms with Gasteiger partial charge in [-0.1, -0.05) is 6.07 Å². The molecule has 1 fully saturated rings. The van der Waals surface area contributed by atoms with E-state index in [0.29, 0.717) is 35.7 Å². The molecule has 1 aliphatic rings. The summed E-state index contributed by atoms with van der Waals surface area (Å²) in [5.74, 6) is 0.600. The number of aromatic hydroxyl groups is 1. The SMILES string of the molecule is CCn1c(=O)c2c(nc(NC3CCOCC3)n2Cc2ccc(O)c(Br)c2)n(CCO)c1=O. The highest BCUT2D eigenvalue weighted by Crippen LogP contribution is 2.27. The molecule has 3 heterocycles. The summed E-state index contributed by atoms with van der Waals surface area (Å²) < 4.78 is 10.3. The predicted molar refractivity (Wildman–Crippen MR) is 123 cm³/mol. The molecule has 0 radical (unpaired) electrons. The van der Waals surface area contributed by atoms with Crippen molar-refractivity contribution in [2.45, 2.75) is 45.4 Å². The zero-order chi connectivity index (χ0) is 22.8. The zero-order valence-electron chi connectivity index (χ0n) is 17.8. The standard InChI is InChI=1S/C21H26BrN5O5/c1-2-25-19(30)17-18(26(7-8-28)21(25)31)24-20(23-14-5-9-32-10-6-14)27(17)12-13-3-4-16(29)15(22)11-13/h3-4,11,14,28-29H,2,5-10,12H2,1H3,(H,23,24). The first-order valence-electron chi connectivity index (χ1n) is 10.6. The van der Waals surface area contributed by atoms with Crippen molar-refractivity contribution in [2.75, 3.05) is 25.1 Å². The van der Waals surface area contributed by atoms with E-state index in [9.17, 15) is 19.8 Å². The van der Waals surface area contributed by atoms with E-state index in [-0.39, 0.29) is 37.1 Å². The summed E-state index contributed by atoms with van der Waals surface area (Å²) in [7, 11) is 0. The number of hydrogen-bond acceptors (Lipinski definition) is 7. The van der Waals surface area contributed by atoms with Gasteiger partial charge in [-0.25, -0.2) is 4.79 Å². The number of phenols is 1. The summed E-state index contributed by atoms with van der Waals surface area (Å²) in [4.78, 5) is 30.8. The number of benzene rings is 1. The first-order valence-corrected chi connectivity index (χ1v) is 11.4. The van der Waals surface area contributed by atoms with Crippen molar-refractivity contribution < 1.29 is 14.9 Å². The molecule has 3 N–H and O–H groups in total. The van der Waals surface area contributed by atoms with Crippen LogP contribution in [0.1, 0.15) is 25.3 Å². The minimum Gasteiger partial charge on any atom is -0.507 e. The smallest absolute Gasteiger partial charge is 0.332 e. The van der Waals surface area contributed by atoms with Gasteiger partial charge in [0.1, 0.15) is 5.75 Å². The monoisotopic (exact) mass is 507 g/mol. The molecule has 11 heteroatoms. The van der Waals surface area contributed by atoms with Crippen LogP contribution < -0.4 is 16.6 Å². The molecule has 0 aliphatic carbocycles. The van der Waals surface area contributed by atoms with Gasteiger partial charge < -0.3 is 20.3 Å². The molecule has 0 amide bonds. The van der Waals surface area contributed by atoms with Gasteiger partial charge in [0.2, 0.25) is 5.95 Å². The van der Waals surface area contributed by atoms with Crippen LogP contribution in [0.5, 0.6) is 5.75 Å². The summed E-state index contributed by atoms with van der Waals surface area (Å²) in [6, 6.07) is 5.25. The Labute approximate surface area is 192 Å². The molecule has 0 spiro atoms. The molecule has 0 unspecified atom stereocenters. The van der Waals surface area contributed by atoms with Gasteiger partial charge in [0.15, 0.2) is 11.2 Å². The molecule has 4 rings (SSSR count). The number of rotatable bonds is 7. The normalized spacial score (nSPS) is 14.8. The van der Waals surface area contributed by atoms with Crippen LogP contribution in [0, 0.1) is 0 Å². The topological polar surface area (TPSA) is 124 Å². The van der Waals surface area contributed by atoms with Crippen LogP contribution in [0.25, 0.3) is 11.2 Å². The van der Waals surface area contributed by atoms with Crippen LogP contribution in [-0.4, -0.2) is 54.8 Å². The van der Waals surface area contributed by atoms with E-state index < -0.39 is 11.2 Å². The molecule has 0 saturated carbocycles. The second-order valence-corrected chi connectivity index (χ2v) is 8.57. The van der Waals surface area contributed by atoms with Gasteiger partial charge in [0, 0.05) is 25.8 Å². The summed E-state index contributed by atoms with van der Waals surface area (Å²) >= 11 is 3.33. The van der Waals surface area contributed by atoms with Crippen LogP contribution in [0.3, 0.4) is 0 Å². The van der Waals surface area contributed by atoms with Crippen molar-refractivity contribution in [1.82, 2.24) is 18.7 Å². The van der Waals surface area contributed by atoms with Gasteiger partial charge in [-0.3, -0.25) is 18.5 Å². The third kappa shape index (κ3) is 4.19. The first-order chi connectivity index (χ1) is 15.4. The van der Waals surface area contributed by atoms with Gasteiger partial charge in [-0.05, 0) is 53.4 Å². The number of fused-ring (bicyclic) bond motifs is 1. The number of imidazole rings is 1. The van der Waals surface area contributed by atoms with Gasteiger partial charge in [0.25, 0.3) is 5.56 Å². The molecule has 10 nitrogen and oxygen atoms in total. The number of aliphatic hydroxyl groups excluding tert-OH is 1. The Morgan fingerprint density at radius 3 is 2.62 bits per heavy atom. The number of nitrogens with one attached hydrogen (secondary N) is 1. The van der Waals surface area contributed by atoms with Gasteiger partial charge in [0.05, 0.1) is 24.2 Å². The van der Waals surface area contributed by atoms with E-state index in [2.05, 4.69) is 26.2 Å². The van der Waals surface area contributed by atoms with Crippen LogP contribution in [0.15, 0.2) is 32.3 Å². The number of aromatic nitrogens is 4. The highest BCUT2D eigenvalue weighted by molar-refractivity contribution is 9.10. The molecule has 1 aliphatic heterocycles. The minimum absolute atomic E-state index is 0.0358. The lowest BCUT2D eigenvalue weighted by molar-refractivity contribution is 0.0902. The molecule has 0 atom stereocenters. The number of ether oxygens (including phenoxy) is 1. The third-order valence-electron chi connectivity index (χ3n) is 5.66. The zero-order valence-corrected chi connectivity index (χ0v) is 19.3. The maximum absolute atomic E-state index is 13.3. The molecular formula is C21H26BrN5O5. The average molecular weight is 508 g/mol. The second-order valence-electron chi connectivity index (χ2n) is 7.72. The molecule has 0 bridgehead atoms. The number of hydrogen-bond donors (Lipinski definition) is 3. The van der Waals surface area contributed by atoms with Crippen molar-refractivity contribution >= 4 is 33.0 Å². The number of phenolic OH excluding ortho intramolecular Hbond substituents is 1. The quantitative estimate of drug-likeness (QED) is 0.442. The fraction of sp³-hybridized carbons (Fsp3) is 0.476. The Balaban J connectivity index is 1.92. The molecule has 2 aromatic heterocycles. The Morgan fingerprint density at radius 2 is 1.97 bits per heavy atom. The lowest BCUT2D eigenvalue weighted by Crippen LogP contribution is -2.40. The van der Waals surface area contributed by atoms with E-state index in [4.69, 9.17) is 4.74 Å². The largest absolute Gasteiger partial charge is 0.507 e. The lowest BCUT2D eigenvalue weighted by atomic mass is 10.1. The maximum Gasteiger partial charge on any atom is 0.332 e. The average Bonchev–Trinajstić information content (AvgIpc) is 3.12. The number of aliphatic hydroxyl groups is 1. The number of anilines is 1. The number of halogens is 1. The molecule has 32 heavy (non-hydrogen) atoms. The van der Waals surface area contributed by atoms with Gasteiger partial charge in [-0.2, -0.15) is 4.98 Å². The van der Waals surface area contributed by atoms with Crippen LogP contribution in [0.2, 0.25) is 0 Å². The van der Waals surface area contributed by atoms with Gasteiger partial charge >= 0.3 is 5.69 Å². The Morgan fingerprint density at radius 1 is 1.22 bits per heavy atom. The van der Waals surface area contributed by atoms with Gasteiger partial charge in [-0.15, -0.1) is 0 Å². The Kier molecular flexibility index (Phi) is 6.68. The van der Waals surface area contributed by atoms with Crippen LogP contribution in [-0.2, 0) is 24.4 Å². The van der Waals surface area contributed by atoms with E-state index in [1.807, 2.05) is 0 Å². The lowest BCUT2D eigenvalue weighted by Gasteiger charge is -2.24. The molecule has 3 aromatic rings. The fourth-order valence-corrected chi connectivity index (χ4v) is 4.42. The Hall–Kier alpha value is -2.63. The number of nitrogens with zero attached hydrogens (tertiary/aromatic N) is 4. The maximum atomic E-state index is 13.3. The highest BCUT2D eigenvalue weighted by atomic mass is 79.9. The van der Waals surface area contributed by atoms with E-state index in [1.165, 1.54) is 4.57 Å². The first kappa shape index (κ1) is 22.6. The second kappa shape index (κ2) is 9.47. The van der Waals surface area contributed by atoms with Crippen molar-refractivity contribution in [3.8, 4) is 5.75 Å². The molecule has 1 saturated heterocycles. The van der Waals surface area contributed by atoms with E-state index >= 15 is 0 Å². The van der Waals surface area contributed by atoms with Crippen molar-refractivity contribution in [3.05, 3.63) is 49.1 Å². The predicted octanol–water partition coefficient (Wildman–Crippen LogP) is 1.48. The van der Waals surface area contributed by atoms with Crippen molar-refractivity contribution in [3.63, 3.8) is 0 Å². The molecule has 172 valence electrons. The third-order valence-corrected chi connectivity index (χ3v) is 6.30. The summed E-state index contributed by atoms with van der Waals surface area (Å²) in [5.41, 5.74) is 0.455. The minimum atomic E-state index is -0.492. The summed E-state index contributed by atoms with van der Waals surface area (Å²) in [5, 5.41) is 22.8. The van der Waals surface area contributed by atoms with E-state index in [0.717, 1.165) is 23.0 Å². The highest BCUT2D eigenvalue weighted by Gasteiger charge is 2.23. The molecule has 1 aromatic carbocycles. The van der Waals surface area contributed by atoms with Crippen LogP contribution >= 0.6 is 15.9 Å². The molecular weight excluding hydrogens is 482 g/mol. The van der Waals surface area contributed by atoms with Crippen molar-refractivity contribution in [2.24, 2.45) is 0 Å². The summed E-state index contributed by atoms with van der Waals surface area (Å²) in [6.07, 6.45) is 1.60. The van der Waals surface area contributed by atoms with Crippen LogP contribution in [0.4, 0.5) is 5.95 Å².